The lowest BCUT2D eigenvalue weighted by molar-refractivity contribution is 0.988. The Balaban J connectivity index is 0.000000161. The summed E-state index contributed by atoms with van der Waals surface area (Å²) in [6, 6.07) is 16.0. The van der Waals surface area contributed by atoms with Crippen LogP contribution in [-0.4, -0.2) is 59.8 Å². The second-order valence-electron chi connectivity index (χ2n) is 9.30. The molecule has 0 spiro atoms. The van der Waals surface area contributed by atoms with Crippen molar-refractivity contribution in [3.8, 4) is 0 Å². The van der Waals surface area contributed by atoms with Crippen LogP contribution in [-0.2, 0) is 6.42 Å². The Morgan fingerprint density at radius 1 is 0.750 bits per heavy atom. The van der Waals surface area contributed by atoms with Gasteiger partial charge in [-0.15, -0.1) is 20.4 Å². The largest absolute Gasteiger partial charge is 0.378 e. The fourth-order valence-corrected chi connectivity index (χ4v) is 4.18. The molecule has 12 heteroatoms. The van der Waals surface area contributed by atoms with E-state index >= 15 is 0 Å². The predicted molar refractivity (Wildman–Crippen MR) is 159 cm³/mol. The monoisotopic (exact) mass is 555 g/mol. The number of aromatic nitrogens is 8. The van der Waals surface area contributed by atoms with Gasteiger partial charge < -0.3 is 15.5 Å². The Kier molecular flexibility index (Phi) is 8.02. The number of fused-ring (bicyclic) bond motifs is 2. The molecule has 0 saturated heterocycles. The van der Waals surface area contributed by atoms with Crippen molar-refractivity contribution >= 4 is 45.9 Å². The van der Waals surface area contributed by atoms with Crippen molar-refractivity contribution in [2.75, 3.05) is 36.2 Å². The molecule has 4 heterocycles. The van der Waals surface area contributed by atoms with E-state index in [1.165, 1.54) is 5.56 Å². The summed E-state index contributed by atoms with van der Waals surface area (Å²) < 4.78 is 3.82. The molecule has 40 heavy (non-hydrogen) atoms. The van der Waals surface area contributed by atoms with E-state index in [1.54, 1.807) is 12.4 Å². The summed E-state index contributed by atoms with van der Waals surface area (Å²) in [6.45, 7) is 4.60. The smallest absolute Gasteiger partial charge is 0.204 e. The first kappa shape index (κ1) is 26.8. The number of nitrogens with zero attached hydrogens (tertiary/aromatic N) is 9. The van der Waals surface area contributed by atoms with Crippen LogP contribution in [0, 0.1) is 13.8 Å². The molecule has 0 saturated carbocycles. The van der Waals surface area contributed by atoms with Gasteiger partial charge in [0.1, 0.15) is 11.6 Å². The van der Waals surface area contributed by atoms with E-state index in [4.69, 9.17) is 11.6 Å². The second kappa shape index (κ2) is 12.0. The van der Waals surface area contributed by atoms with Gasteiger partial charge in [-0.1, -0.05) is 23.7 Å². The zero-order chi connectivity index (χ0) is 28.1. The number of hydrogen-bond acceptors (Lipinski definition) is 9. The Hall–Kier alpha value is -4.77. The zero-order valence-corrected chi connectivity index (χ0v) is 23.5. The molecule has 0 amide bonds. The average molecular weight is 556 g/mol. The lowest BCUT2D eigenvalue weighted by Gasteiger charge is -2.13. The minimum atomic E-state index is 0.700. The van der Waals surface area contributed by atoms with Crippen LogP contribution in [0.5, 0.6) is 0 Å². The molecular formula is C28H30ClN11. The van der Waals surface area contributed by atoms with E-state index in [0.717, 1.165) is 58.1 Å². The Labute approximate surface area is 236 Å². The average Bonchev–Trinajstić information content (AvgIpc) is 3.54. The van der Waals surface area contributed by atoms with Crippen LogP contribution in [0.1, 0.15) is 17.2 Å². The van der Waals surface area contributed by atoms with Crippen LogP contribution in [0.15, 0.2) is 73.3 Å². The molecule has 4 aromatic heterocycles. The molecule has 0 aliphatic carbocycles. The van der Waals surface area contributed by atoms with E-state index < -0.39 is 0 Å². The highest BCUT2D eigenvalue weighted by Gasteiger charge is 2.08. The van der Waals surface area contributed by atoms with Crippen molar-refractivity contribution in [2.45, 2.75) is 20.3 Å². The molecule has 2 aromatic carbocycles. The van der Waals surface area contributed by atoms with Crippen LogP contribution in [0.25, 0.3) is 11.3 Å². The molecule has 0 fully saturated rings. The van der Waals surface area contributed by atoms with Gasteiger partial charge in [0.25, 0.3) is 0 Å². The van der Waals surface area contributed by atoms with Crippen LogP contribution in [0.4, 0.5) is 23.0 Å². The number of nitrogens with one attached hydrogen (secondary N) is 2. The quantitative estimate of drug-likeness (QED) is 0.281. The molecule has 0 unspecified atom stereocenters. The van der Waals surface area contributed by atoms with Gasteiger partial charge in [-0.2, -0.15) is 0 Å². The van der Waals surface area contributed by atoms with Gasteiger partial charge in [0.15, 0.2) is 11.6 Å². The third-order valence-electron chi connectivity index (χ3n) is 6.26. The standard InChI is InChI=1S/C14H14ClN5.C14H16N6/c1-10-18-19-14-13(17-8-9-20(10)14)16-7-6-11-2-4-12(15)5-3-11;1-10-17-18-14-13(15-8-9-20(10)14)16-11-4-6-12(7-5-11)19(2)3/h2-5,8-9H,6-7H2,1H3,(H,16,17);4-9H,1-3H3,(H,15,16). The maximum atomic E-state index is 5.87. The van der Waals surface area contributed by atoms with Crippen LogP contribution in [0.3, 0.4) is 0 Å². The second-order valence-corrected chi connectivity index (χ2v) is 9.74. The fourth-order valence-electron chi connectivity index (χ4n) is 4.05. The Bertz CT molecular complexity index is 1710. The number of aryl methyl sites for hydroxylation is 2. The molecule has 2 N–H and O–H groups in total. The molecule has 0 bridgehead atoms. The SMILES string of the molecule is Cc1nnc2c(NCCc3ccc(Cl)cc3)nccn12.Cc1nnc2c(Nc3ccc(N(C)C)cc3)nccn12. The van der Waals surface area contributed by atoms with Crippen LogP contribution >= 0.6 is 11.6 Å². The topological polar surface area (TPSA) is 113 Å². The molecule has 0 atom stereocenters. The van der Waals surface area contributed by atoms with Gasteiger partial charge in [0.05, 0.1) is 0 Å². The molecule has 0 aliphatic rings. The van der Waals surface area contributed by atoms with Crippen molar-refractivity contribution in [1.82, 2.24) is 39.2 Å². The lowest BCUT2D eigenvalue weighted by atomic mass is 10.1. The van der Waals surface area contributed by atoms with E-state index in [1.807, 2.05) is 85.5 Å². The molecule has 0 radical (unpaired) electrons. The molecular weight excluding hydrogens is 526 g/mol. The molecule has 0 aliphatic heterocycles. The van der Waals surface area contributed by atoms with Gasteiger partial charge in [-0.25, -0.2) is 9.97 Å². The predicted octanol–water partition coefficient (Wildman–Crippen LogP) is 4.98. The minimum absolute atomic E-state index is 0.700. The highest BCUT2D eigenvalue weighted by atomic mass is 35.5. The minimum Gasteiger partial charge on any atom is -0.378 e. The Morgan fingerprint density at radius 2 is 1.32 bits per heavy atom. The van der Waals surface area contributed by atoms with Crippen LogP contribution < -0.4 is 15.5 Å². The number of rotatable bonds is 7. The molecule has 6 rings (SSSR count). The van der Waals surface area contributed by atoms with Crippen molar-refractivity contribution in [3.63, 3.8) is 0 Å². The highest BCUT2D eigenvalue weighted by molar-refractivity contribution is 6.30. The van der Waals surface area contributed by atoms with Crippen molar-refractivity contribution in [1.29, 1.82) is 0 Å². The normalized spacial score (nSPS) is 10.8. The van der Waals surface area contributed by atoms with E-state index in [9.17, 15) is 0 Å². The molecule has 204 valence electrons. The number of benzene rings is 2. The summed E-state index contributed by atoms with van der Waals surface area (Å²) in [4.78, 5) is 10.7. The van der Waals surface area contributed by atoms with Crippen LogP contribution in [0.2, 0.25) is 5.02 Å². The third-order valence-corrected chi connectivity index (χ3v) is 6.51. The van der Waals surface area contributed by atoms with Gasteiger partial charge in [-0.3, -0.25) is 8.80 Å². The first-order valence-electron chi connectivity index (χ1n) is 12.7. The summed E-state index contributed by atoms with van der Waals surface area (Å²) >= 11 is 5.87. The molecule has 6 aromatic rings. The number of halogens is 1. The summed E-state index contributed by atoms with van der Waals surface area (Å²) in [5, 5.41) is 23.7. The fraction of sp³-hybridized carbons (Fsp3) is 0.214. The van der Waals surface area contributed by atoms with Gasteiger partial charge in [-0.05, 0) is 62.2 Å². The van der Waals surface area contributed by atoms with Gasteiger partial charge in [0, 0.05) is 61.8 Å². The van der Waals surface area contributed by atoms with Crippen molar-refractivity contribution < 1.29 is 0 Å². The van der Waals surface area contributed by atoms with E-state index in [-0.39, 0.29) is 0 Å². The summed E-state index contributed by atoms with van der Waals surface area (Å²) in [7, 11) is 4.04. The number of hydrogen-bond donors (Lipinski definition) is 2. The summed E-state index contributed by atoms with van der Waals surface area (Å²) in [5.74, 6) is 3.14. The lowest BCUT2D eigenvalue weighted by Crippen LogP contribution is -2.08. The van der Waals surface area contributed by atoms with Gasteiger partial charge >= 0.3 is 0 Å². The summed E-state index contributed by atoms with van der Waals surface area (Å²) in [6.07, 6.45) is 8.08. The molecule has 11 nitrogen and oxygen atoms in total. The number of anilines is 4. The first-order valence-corrected chi connectivity index (χ1v) is 13.1. The third kappa shape index (κ3) is 6.10. The summed E-state index contributed by atoms with van der Waals surface area (Å²) in [5.41, 5.74) is 4.83. The van der Waals surface area contributed by atoms with Gasteiger partial charge in [0.2, 0.25) is 11.3 Å². The zero-order valence-electron chi connectivity index (χ0n) is 22.7. The Morgan fingerprint density at radius 3 is 1.93 bits per heavy atom. The highest BCUT2D eigenvalue weighted by Crippen LogP contribution is 2.21. The first-order chi connectivity index (χ1) is 19.4. The van der Waals surface area contributed by atoms with E-state index in [2.05, 4.69) is 58.0 Å². The van der Waals surface area contributed by atoms with Crippen molar-refractivity contribution in [3.05, 3.63) is 95.6 Å². The maximum absolute atomic E-state index is 5.87. The van der Waals surface area contributed by atoms with E-state index in [0.29, 0.717) is 5.82 Å². The van der Waals surface area contributed by atoms with Crippen molar-refractivity contribution in [2.24, 2.45) is 0 Å². The maximum Gasteiger partial charge on any atom is 0.204 e.